The second-order valence-electron chi connectivity index (χ2n) is 2.92. The maximum atomic E-state index is 11.4. The van der Waals surface area contributed by atoms with Crippen LogP contribution in [0.25, 0.3) is 0 Å². The summed E-state index contributed by atoms with van der Waals surface area (Å²) in [6.45, 7) is 1.74. The van der Waals surface area contributed by atoms with E-state index in [-0.39, 0.29) is 10.6 Å². The Kier molecular flexibility index (Phi) is 1.92. The van der Waals surface area contributed by atoms with Crippen LogP contribution in [0, 0.1) is 17.0 Å². The number of nitro benzene ring substituents is 1. The Bertz CT molecular complexity index is 482. The van der Waals surface area contributed by atoms with Crippen molar-refractivity contribution in [3.8, 4) is 0 Å². The zero-order valence-electron chi connectivity index (χ0n) is 7.26. The number of rotatable bonds is 1. The van der Waals surface area contributed by atoms with Crippen molar-refractivity contribution in [3.63, 3.8) is 0 Å². The second kappa shape index (κ2) is 2.98. The van der Waals surface area contributed by atoms with Crippen molar-refractivity contribution in [1.82, 2.24) is 0 Å². The van der Waals surface area contributed by atoms with Gasteiger partial charge in [-0.05, 0) is 18.6 Å². The third-order valence-corrected chi connectivity index (χ3v) is 3.00. The van der Waals surface area contributed by atoms with E-state index in [1.807, 2.05) is 0 Å². The van der Waals surface area contributed by atoms with Gasteiger partial charge in [0, 0.05) is 6.07 Å². The fourth-order valence-corrected chi connectivity index (χ4v) is 2.30. The van der Waals surface area contributed by atoms with E-state index >= 15 is 0 Å². The van der Waals surface area contributed by atoms with Crippen LogP contribution in [-0.2, 0) is 10.8 Å². The predicted molar refractivity (Wildman–Crippen MR) is 52.4 cm³/mol. The van der Waals surface area contributed by atoms with Crippen LogP contribution in [0.5, 0.6) is 0 Å². The van der Waals surface area contributed by atoms with Crippen LogP contribution in [0.4, 0.5) is 11.4 Å². The quantitative estimate of drug-likeness (QED) is 0.523. The first-order valence-corrected chi connectivity index (χ1v) is 5.04. The highest BCUT2D eigenvalue weighted by molar-refractivity contribution is 7.99. The van der Waals surface area contributed by atoms with E-state index in [4.69, 9.17) is 0 Å². The summed E-state index contributed by atoms with van der Waals surface area (Å²) in [7, 11) is -1.47. The van der Waals surface area contributed by atoms with Gasteiger partial charge in [-0.15, -0.1) is 0 Å². The monoisotopic (exact) mass is 210 g/mol. The Balaban J connectivity index is 2.75. The van der Waals surface area contributed by atoms with Gasteiger partial charge in [-0.25, -0.2) is 9.20 Å². The van der Waals surface area contributed by atoms with Crippen molar-refractivity contribution in [2.24, 2.45) is 4.99 Å². The predicted octanol–water partition coefficient (Wildman–Crippen LogP) is 1.68. The molecule has 72 valence electrons. The molecule has 1 aliphatic heterocycles. The minimum atomic E-state index is -1.47. The number of nitro groups is 1. The van der Waals surface area contributed by atoms with Crippen molar-refractivity contribution in [2.45, 2.75) is 11.8 Å². The van der Waals surface area contributed by atoms with Gasteiger partial charge in [0.25, 0.3) is 5.69 Å². The average Bonchev–Trinajstić information content (AvgIpc) is 2.46. The standard InChI is InChI=1S/C8H6N2O3S/c1-5-2-6-8(14(13)4-9-6)7(3-5)10(11)12/h2-4H,1H3. The Hall–Kier alpha value is -1.56. The second-order valence-corrected chi connectivity index (χ2v) is 4.14. The lowest BCUT2D eigenvalue weighted by atomic mass is 10.2. The highest BCUT2D eigenvalue weighted by Gasteiger charge is 2.26. The van der Waals surface area contributed by atoms with Crippen molar-refractivity contribution in [1.29, 1.82) is 0 Å². The molecule has 1 unspecified atom stereocenters. The molecule has 1 aromatic carbocycles. The van der Waals surface area contributed by atoms with Gasteiger partial charge in [0.2, 0.25) is 0 Å². The van der Waals surface area contributed by atoms with E-state index in [9.17, 15) is 14.3 Å². The maximum absolute atomic E-state index is 11.4. The summed E-state index contributed by atoms with van der Waals surface area (Å²) in [5.74, 6) is 0. The fraction of sp³-hybridized carbons (Fsp3) is 0.125. The van der Waals surface area contributed by atoms with E-state index in [1.165, 1.54) is 11.6 Å². The molecule has 0 spiro atoms. The third kappa shape index (κ3) is 1.24. The summed E-state index contributed by atoms with van der Waals surface area (Å²) in [5, 5.41) is 10.7. The minimum Gasteiger partial charge on any atom is -0.258 e. The SMILES string of the molecule is Cc1cc2c(c([N+](=O)[O-])c1)S(=O)C=N2. The molecule has 5 nitrogen and oxygen atoms in total. The lowest BCUT2D eigenvalue weighted by molar-refractivity contribution is -0.387. The number of nitrogens with zero attached hydrogens (tertiary/aromatic N) is 2. The number of aryl methyl sites for hydroxylation is 1. The zero-order chi connectivity index (χ0) is 10.3. The zero-order valence-corrected chi connectivity index (χ0v) is 8.08. The lowest BCUT2D eigenvalue weighted by Gasteiger charge is -1.99. The van der Waals surface area contributed by atoms with Crippen molar-refractivity contribution < 1.29 is 9.13 Å². The molecule has 0 fully saturated rings. The van der Waals surface area contributed by atoms with Crippen LogP contribution >= 0.6 is 0 Å². The fourth-order valence-electron chi connectivity index (χ4n) is 1.33. The molecule has 14 heavy (non-hydrogen) atoms. The van der Waals surface area contributed by atoms with Crippen molar-refractivity contribution in [3.05, 3.63) is 27.8 Å². The molecule has 0 radical (unpaired) electrons. The molecule has 0 N–H and O–H groups in total. The Morgan fingerprint density at radius 3 is 2.86 bits per heavy atom. The number of hydrogen-bond acceptors (Lipinski definition) is 4. The molecule has 0 saturated carbocycles. The molecule has 0 amide bonds. The number of fused-ring (bicyclic) bond motifs is 1. The summed E-state index contributed by atoms with van der Waals surface area (Å²) in [4.78, 5) is 14.2. The van der Waals surface area contributed by atoms with Gasteiger partial charge in [-0.1, -0.05) is 0 Å². The third-order valence-electron chi connectivity index (χ3n) is 1.88. The van der Waals surface area contributed by atoms with Gasteiger partial charge in [-0.3, -0.25) is 10.1 Å². The Morgan fingerprint density at radius 1 is 1.50 bits per heavy atom. The molecule has 1 atom stereocenters. The molecule has 1 heterocycles. The summed E-state index contributed by atoms with van der Waals surface area (Å²) in [6.07, 6.45) is 0. The molecule has 0 aromatic heterocycles. The summed E-state index contributed by atoms with van der Waals surface area (Å²) in [6, 6.07) is 3.09. The number of benzene rings is 1. The normalized spacial score (nSPS) is 18.2. The van der Waals surface area contributed by atoms with Gasteiger partial charge < -0.3 is 0 Å². The minimum absolute atomic E-state index is 0.115. The van der Waals surface area contributed by atoms with Crippen LogP contribution in [0.15, 0.2) is 22.0 Å². The smallest absolute Gasteiger partial charge is 0.258 e. The van der Waals surface area contributed by atoms with Gasteiger partial charge in [0.1, 0.15) is 15.7 Å². The maximum Gasteiger partial charge on any atom is 0.288 e. The van der Waals surface area contributed by atoms with E-state index in [2.05, 4.69) is 4.99 Å². The summed E-state index contributed by atoms with van der Waals surface area (Å²) < 4.78 is 11.4. The first kappa shape index (κ1) is 9.01. The largest absolute Gasteiger partial charge is 0.288 e. The van der Waals surface area contributed by atoms with Gasteiger partial charge in [0.15, 0.2) is 0 Å². The van der Waals surface area contributed by atoms with Crippen LogP contribution in [0.3, 0.4) is 0 Å². The molecular weight excluding hydrogens is 204 g/mol. The van der Waals surface area contributed by atoms with Crippen LogP contribution in [-0.4, -0.2) is 14.7 Å². The molecule has 1 aliphatic rings. The average molecular weight is 210 g/mol. The van der Waals surface area contributed by atoms with E-state index in [0.717, 1.165) is 5.56 Å². The molecule has 2 rings (SSSR count). The van der Waals surface area contributed by atoms with E-state index < -0.39 is 15.7 Å². The van der Waals surface area contributed by atoms with Gasteiger partial charge in [-0.2, -0.15) is 0 Å². The summed E-state index contributed by atoms with van der Waals surface area (Å²) in [5.41, 5.74) is 2.29. The van der Waals surface area contributed by atoms with Crippen molar-refractivity contribution in [2.75, 3.05) is 0 Å². The molecule has 0 bridgehead atoms. The summed E-state index contributed by atoms with van der Waals surface area (Å²) >= 11 is 0. The first-order valence-electron chi connectivity index (χ1n) is 3.83. The molecule has 0 aliphatic carbocycles. The number of hydrogen-bond donors (Lipinski definition) is 0. The topological polar surface area (TPSA) is 72.6 Å². The van der Waals surface area contributed by atoms with E-state index in [1.54, 1.807) is 13.0 Å². The molecular formula is C8H6N2O3S. The first-order chi connectivity index (χ1) is 6.59. The van der Waals surface area contributed by atoms with Crippen LogP contribution < -0.4 is 0 Å². The van der Waals surface area contributed by atoms with Crippen molar-refractivity contribution >= 4 is 27.7 Å². The van der Waals surface area contributed by atoms with Gasteiger partial charge in [0.05, 0.1) is 16.2 Å². The van der Waals surface area contributed by atoms with E-state index in [0.29, 0.717) is 5.69 Å². The highest BCUT2D eigenvalue weighted by atomic mass is 32.2. The Labute approximate surface area is 82.1 Å². The van der Waals surface area contributed by atoms with Gasteiger partial charge >= 0.3 is 0 Å². The molecule has 1 aromatic rings. The van der Waals surface area contributed by atoms with Crippen LogP contribution in [0.1, 0.15) is 5.56 Å². The number of aliphatic imine (C=N–C) groups is 1. The molecule has 6 heteroatoms. The lowest BCUT2D eigenvalue weighted by Crippen LogP contribution is -1.96. The van der Waals surface area contributed by atoms with Crippen LogP contribution in [0.2, 0.25) is 0 Å². The molecule has 0 saturated heterocycles. The Morgan fingerprint density at radius 2 is 2.21 bits per heavy atom. The highest BCUT2D eigenvalue weighted by Crippen LogP contribution is 2.36.